The van der Waals surface area contributed by atoms with Crippen molar-refractivity contribution in [1.29, 1.82) is 0 Å². The lowest BCUT2D eigenvalue weighted by Gasteiger charge is -2.34. The SMILES string of the molecule is CCC(C)CN(CC)C(C)C(C)CNC. The zero-order valence-corrected chi connectivity index (χ0v) is 11.5. The quantitative estimate of drug-likeness (QED) is 0.668. The van der Waals surface area contributed by atoms with Crippen LogP contribution in [-0.2, 0) is 0 Å². The molecule has 2 heteroatoms. The van der Waals surface area contributed by atoms with E-state index in [1.807, 2.05) is 7.05 Å². The third kappa shape index (κ3) is 5.53. The van der Waals surface area contributed by atoms with E-state index < -0.39 is 0 Å². The van der Waals surface area contributed by atoms with Crippen LogP contribution in [0, 0.1) is 11.8 Å². The highest BCUT2D eigenvalue weighted by Crippen LogP contribution is 2.13. The predicted molar refractivity (Wildman–Crippen MR) is 69.3 cm³/mol. The van der Waals surface area contributed by atoms with Crippen molar-refractivity contribution >= 4 is 0 Å². The molecule has 3 unspecified atom stereocenters. The molecule has 92 valence electrons. The van der Waals surface area contributed by atoms with Crippen LogP contribution < -0.4 is 5.32 Å². The van der Waals surface area contributed by atoms with Gasteiger partial charge < -0.3 is 10.2 Å². The molecule has 0 spiro atoms. The Morgan fingerprint density at radius 3 is 2.13 bits per heavy atom. The van der Waals surface area contributed by atoms with E-state index in [1.165, 1.54) is 19.5 Å². The average Bonchev–Trinajstić information content (AvgIpc) is 2.24. The molecule has 0 rings (SSSR count). The molecule has 2 nitrogen and oxygen atoms in total. The van der Waals surface area contributed by atoms with Gasteiger partial charge in [0.2, 0.25) is 0 Å². The number of nitrogens with zero attached hydrogens (tertiary/aromatic N) is 1. The lowest BCUT2D eigenvalue weighted by Crippen LogP contribution is -2.42. The van der Waals surface area contributed by atoms with Gasteiger partial charge in [0.05, 0.1) is 0 Å². The van der Waals surface area contributed by atoms with Gasteiger partial charge in [-0.2, -0.15) is 0 Å². The zero-order chi connectivity index (χ0) is 11.8. The number of hydrogen-bond acceptors (Lipinski definition) is 2. The first-order valence-corrected chi connectivity index (χ1v) is 6.45. The number of nitrogens with one attached hydrogen (secondary N) is 1. The van der Waals surface area contributed by atoms with Crippen LogP contribution in [-0.4, -0.2) is 37.6 Å². The first-order valence-electron chi connectivity index (χ1n) is 6.45. The summed E-state index contributed by atoms with van der Waals surface area (Å²) in [4.78, 5) is 2.61. The summed E-state index contributed by atoms with van der Waals surface area (Å²) >= 11 is 0. The molecular weight excluding hydrogens is 184 g/mol. The van der Waals surface area contributed by atoms with Crippen molar-refractivity contribution in [3.8, 4) is 0 Å². The molecule has 1 N–H and O–H groups in total. The van der Waals surface area contributed by atoms with Crippen LogP contribution in [0.15, 0.2) is 0 Å². The maximum Gasteiger partial charge on any atom is 0.0105 e. The van der Waals surface area contributed by atoms with Crippen molar-refractivity contribution in [3.05, 3.63) is 0 Å². The third-order valence-corrected chi connectivity index (χ3v) is 3.57. The molecule has 0 aliphatic heterocycles. The van der Waals surface area contributed by atoms with Crippen LogP contribution in [0.4, 0.5) is 0 Å². The third-order valence-electron chi connectivity index (χ3n) is 3.57. The Morgan fingerprint density at radius 2 is 1.73 bits per heavy atom. The normalized spacial score (nSPS) is 17.8. The van der Waals surface area contributed by atoms with Crippen LogP contribution in [0.1, 0.15) is 41.0 Å². The molecular formula is C13H30N2. The molecule has 0 aliphatic rings. The second-order valence-electron chi connectivity index (χ2n) is 4.88. The van der Waals surface area contributed by atoms with Gasteiger partial charge in [0, 0.05) is 12.6 Å². The fourth-order valence-corrected chi connectivity index (χ4v) is 1.97. The van der Waals surface area contributed by atoms with Crippen LogP contribution in [0.3, 0.4) is 0 Å². The molecule has 0 amide bonds. The van der Waals surface area contributed by atoms with Gasteiger partial charge in [-0.25, -0.2) is 0 Å². The summed E-state index contributed by atoms with van der Waals surface area (Å²) in [7, 11) is 2.04. The fourth-order valence-electron chi connectivity index (χ4n) is 1.97. The smallest absolute Gasteiger partial charge is 0.0105 e. The van der Waals surface area contributed by atoms with Gasteiger partial charge in [-0.05, 0) is 38.9 Å². The molecule has 0 saturated heterocycles. The molecule has 0 fully saturated rings. The molecule has 0 radical (unpaired) electrons. The number of hydrogen-bond donors (Lipinski definition) is 1. The lowest BCUT2D eigenvalue weighted by molar-refractivity contribution is 0.146. The van der Waals surface area contributed by atoms with Gasteiger partial charge in [0.25, 0.3) is 0 Å². The molecule has 3 atom stereocenters. The minimum atomic E-state index is 0.677. The summed E-state index contributed by atoms with van der Waals surface area (Å²) in [6.07, 6.45) is 1.28. The number of rotatable bonds is 8. The van der Waals surface area contributed by atoms with Gasteiger partial charge in [-0.15, -0.1) is 0 Å². The molecule has 0 aromatic rings. The standard InChI is InChI=1S/C13H30N2/c1-7-11(3)10-15(8-2)13(5)12(4)9-14-6/h11-14H,7-10H2,1-6H3. The van der Waals surface area contributed by atoms with Gasteiger partial charge >= 0.3 is 0 Å². The molecule has 0 aliphatic carbocycles. The summed E-state index contributed by atoms with van der Waals surface area (Å²) < 4.78 is 0. The fraction of sp³-hybridized carbons (Fsp3) is 1.00. The van der Waals surface area contributed by atoms with Gasteiger partial charge in [0.15, 0.2) is 0 Å². The maximum atomic E-state index is 3.27. The van der Waals surface area contributed by atoms with Crippen LogP contribution in [0.2, 0.25) is 0 Å². The lowest BCUT2D eigenvalue weighted by atomic mass is 10.00. The van der Waals surface area contributed by atoms with Crippen molar-refractivity contribution in [2.75, 3.05) is 26.7 Å². The van der Waals surface area contributed by atoms with Crippen molar-refractivity contribution in [1.82, 2.24) is 10.2 Å². The largest absolute Gasteiger partial charge is 0.319 e. The van der Waals surface area contributed by atoms with Gasteiger partial charge in [-0.3, -0.25) is 0 Å². The van der Waals surface area contributed by atoms with E-state index in [4.69, 9.17) is 0 Å². The Bertz CT molecular complexity index is 147. The van der Waals surface area contributed by atoms with Gasteiger partial charge in [0.1, 0.15) is 0 Å². The minimum absolute atomic E-state index is 0.677. The van der Waals surface area contributed by atoms with Gasteiger partial charge in [-0.1, -0.05) is 34.1 Å². The minimum Gasteiger partial charge on any atom is -0.319 e. The van der Waals surface area contributed by atoms with E-state index in [-0.39, 0.29) is 0 Å². The first-order chi connectivity index (χ1) is 7.06. The molecule has 0 heterocycles. The van der Waals surface area contributed by atoms with Crippen molar-refractivity contribution in [3.63, 3.8) is 0 Å². The summed E-state index contributed by atoms with van der Waals surface area (Å²) in [5, 5.41) is 3.27. The highest BCUT2D eigenvalue weighted by molar-refractivity contribution is 4.74. The van der Waals surface area contributed by atoms with Crippen molar-refractivity contribution in [2.45, 2.75) is 47.1 Å². The second-order valence-corrected chi connectivity index (χ2v) is 4.88. The highest BCUT2D eigenvalue weighted by atomic mass is 15.2. The van der Waals surface area contributed by atoms with E-state index in [0.29, 0.717) is 6.04 Å². The molecule has 0 aromatic heterocycles. The Balaban J connectivity index is 4.13. The Kier molecular flexibility index (Phi) is 8.07. The Hall–Kier alpha value is -0.0800. The average molecular weight is 214 g/mol. The summed E-state index contributed by atoms with van der Waals surface area (Å²) in [6.45, 7) is 15.1. The van der Waals surface area contributed by atoms with Crippen molar-refractivity contribution in [2.24, 2.45) is 11.8 Å². The Morgan fingerprint density at radius 1 is 1.13 bits per heavy atom. The second kappa shape index (κ2) is 8.12. The molecule has 0 saturated carbocycles. The van der Waals surface area contributed by atoms with E-state index >= 15 is 0 Å². The van der Waals surface area contributed by atoms with Crippen LogP contribution >= 0.6 is 0 Å². The van der Waals surface area contributed by atoms with E-state index in [9.17, 15) is 0 Å². The predicted octanol–water partition coefficient (Wildman–Crippen LogP) is 2.60. The van der Waals surface area contributed by atoms with E-state index in [2.05, 4.69) is 44.8 Å². The monoisotopic (exact) mass is 214 g/mol. The summed E-state index contributed by atoms with van der Waals surface area (Å²) in [5.41, 5.74) is 0. The molecule has 15 heavy (non-hydrogen) atoms. The van der Waals surface area contributed by atoms with Crippen LogP contribution in [0.5, 0.6) is 0 Å². The van der Waals surface area contributed by atoms with E-state index in [1.54, 1.807) is 0 Å². The Labute approximate surface area is 96.4 Å². The summed E-state index contributed by atoms with van der Waals surface area (Å²) in [5.74, 6) is 1.54. The van der Waals surface area contributed by atoms with Crippen molar-refractivity contribution < 1.29 is 0 Å². The van der Waals surface area contributed by atoms with E-state index in [0.717, 1.165) is 18.4 Å². The zero-order valence-electron chi connectivity index (χ0n) is 11.5. The topological polar surface area (TPSA) is 15.3 Å². The first kappa shape index (κ1) is 14.9. The molecule has 0 aromatic carbocycles. The maximum absolute atomic E-state index is 3.27. The molecule has 0 bridgehead atoms. The highest BCUT2D eigenvalue weighted by Gasteiger charge is 2.19. The summed E-state index contributed by atoms with van der Waals surface area (Å²) in [6, 6.07) is 0.677. The van der Waals surface area contributed by atoms with Crippen LogP contribution in [0.25, 0.3) is 0 Å².